The summed E-state index contributed by atoms with van der Waals surface area (Å²) in [5.41, 5.74) is 0.936. The van der Waals surface area contributed by atoms with Crippen molar-refractivity contribution in [2.75, 3.05) is 0 Å². The molecule has 0 spiro atoms. The lowest BCUT2D eigenvalue weighted by atomic mass is 10.2. The first-order chi connectivity index (χ1) is 8.25. The Morgan fingerprint density at radius 2 is 2.12 bits per heavy atom. The zero-order valence-corrected chi connectivity index (χ0v) is 9.69. The lowest BCUT2D eigenvalue weighted by Crippen LogP contribution is -2.02. The van der Waals surface area contributed by atoms with Crippen LogP contribution in [0.4, 0.5) is 0 Å². The number of benzene rings is 1. The average molecular weight is 245 g/mol. The summed E-state index contributed by atoms with van der Waals surface area (Å²) in [6, 6.07) is 7.08. The molecule has 0 unspecified atom stereocenters. The molecule has 3 rings (SSSR count). The maximum atomic E-state index is 11.8. The van der Waals surface area contributed by atoms with Crippen LogP contribution in [0.15, 0.2) is 33.5 Å². The van der Waals surface area contributed by atoms with Gasteiger partial charge in [0.15, 0.2) is 0 Å². The predicted octanol–water partition coefficient (Wildman–Crippen LogP) is 2.01. The molecular formula is C11H7N3O2S. The molecule has 0 fully saturated rings. The van der Waals surface area contributed by atoms with Crippen LogP contribution < -0.4 is 5.63 Å². The highest BCUT2D eigenvalue weighted by molar-refractivity contribution is 7.09. The summed E-state index contributed by atoms with van der Waals surface area (Å²) >= 11 is 1.16. The number of para-hydroxylation sites is 1. The van der Waals surface area contributed by atoms with Crippen molar-refractivity contribution >= 4 is 22.4 Å². The van der Waals surface area contributed by atoms with E-state index in [-0.39, 0.29) is 5.89 Å². The lowest BCUT2D eigenvalue weighted by molar-refractivity contribution is 0.519. The second-order valence-corrected chi connectivity index (χ2v) is 4.27. The summed E-state index contributed by atoms with van der Waals surface area (Å²) in [6.45, 7) is 1.80. The quantitative estimate of drug-likeness (QED) is 0.656. The first-order valence-electron chi connectivity index (χ1n) is 4.95. The van der Waals surface area contributed by atoms with Gasteiger partial charge in [-0.2, -0.15) is 0 Å². The van der Waals surface area contributed by atoms with Crippen molar-refractivity contribution in [2.24, 2.45) is 0 Å². The van der Waals surface area contributed by atoms with Crippen molar-refractivity contribution in [3.05, 3.63) is 40.4 Å². The van der Waals surface area contributed by atoms with Crippen LogP contribution in [0.3, 0.4) is 0 Å². The van der Waals surface area contributed by atoms with Gasteiger partial charge in [0.1, 0.15) is 4.88 Å². The highest BCUT2D eigenvalue weighted by Crippen LogP contribution is 2.23. The van der Waals surface area contributed by atoms with Crippen molar-refractivity contribution in [3.8, 4) is 10.8 Å². The third kappa shape index (κ3) is 1.62. The molecule has 2 aromatic heterocycles. The van der Waals surface area contributed by atoms with E-state index >= 15 is 0 Å². The van der Waals surface area contributed by atoms with Crippen LogP contribution in [0, 0.1) is 6.92 Å². The van der Waals surface area contributed by atoms with Gasteiger partial charge in [-0.15, -0.1) is 5.10 Å². The van der Waals surface area contributed by atoms with E-state index in [0.717, 1.165) is 11.5 Å². The van der Waals surface area contributed by atoms with E-state index in [9.17, 15) is 4.79 Å². The molecule has 0 bridgehead atoms. The summed E-state index contributed by atoms with van der Waals surface area (Å²) in [7, 11) is 0. The Labute approximate surface area is 99.9 Å². The van der Waals surface area contributed by atoms with Crippen molar-refractivity contribution in [1.82, 2.24) is 14.6 Å². The minimum Gasteiger partial charge on any atom is -0.402 e. The van der Waals surface area contributed by atoms with Gasteiger partial charge in [0, 0.05) is 0 Å². The highest BCUT2D eigenvalue weighted by Gasteiger charge is 2.13. The van der Waals surface area contributed by atoms with E-state index in [1.807, 2.05) is 6.07 Å². The molecule has 0 aliphatic heterocycles. The van der Waals surface area contributed by atoms with E-state index in [1.54, 1.807) is 25.1 Å². The molecule has 0 N–H and O–H groups in total. The van der Waals surface area contributed by atoms with Gasteiger partial charge in [0.2, 0.25) is 5.89 Å². The molecular weight excluding hydrogens is 238 g/mol. The zero-order chi connectivity index (χ0) is 11.8. The number of hydrogen-bond acceptors (Lipinski definition) is 6. The van der Waals surface area contributed by atoms with Crippen LogP contribution in [0.2, 0.25) is 0 Å². The van der Waals surface area contributed by atoms with Gasteiger partial charge in [-0.1, -0.05) is 16.6 Å². The fourth-order valence-electron chi connectivity index (χ4n) is 1.54. The van der Waals surface area contributed by atoms with Crippen molar-refractivity contribution in [1.29, 1.82) is 0 Å². The third-order valence-electron chi connectivity index (χ3n) is 2.38. The van der Waals surface area contributed by atoms with Crippen LogP contribution in [-0.2, 0) is 0 Å². The van der Waals surface area contributed by atoms with E-state index in [4.69, 9.17) is 4.42 Å². The second-order valence-electron chi connectivity index (χ2n) is 3.51. The van der Waals surface area contributed by atoms with Gasteiger partial charge in [0.25, 0.3) is 0 Å². The monoisotopic (exact) mass is 245 g/mol. The Kier molecular flexibility index (Phi) is 2.22. The van der Waals surface area contributed by atoms with E-state index in [1.165, 1.54) is 0 Å². The number of fused-ring (bicyclic) bond motifs is 1. The molecule has 0 aliphatic carbocycles. The number of aryl methyl sites for hydroxylation is 1. The van der Waals surface area contributed by atoms with Crippen molar-refractivity contribution in [3.63, 3.8) is 0 Å². The molecule has 2 heterocycles. The molecule has 0 saturated heterocycles. The standard InChI is InChI=1S/C11H7N3O2S/c1-6-9(17-14-13-6)10-12-8-5-3-2-4-7(8)11(15)16-10/h2-5H,1H3. The molecule has 0 radical (unpaired) electrons. The molecule has 84 valence electrons. The SMILES string of the molecule is Cc1nnsc1-c1nc2ccccc2c(=O)o1. The summed E-state index contributed by atoms with van der Waals surface area (Å²) in [5.74, 6) is 0.279. The molecule has 0 atom stereocenters. The fourth-order valence-corrected chi connectivity index (χ4v) is 2.13. The summed E-state index contributed by atoms with van der Waals surface area (Å²) < 4.78 is 8.98. The van der Waals surface area contributed by atoms with Crippen LogP contribution in [-0.4, -0.2) is 14.6 Å². The van der Waals surface area contributed by atoms with Crippen molar-refractivity contribution < 1.29 is 4.42 Å². The Bertz CT molecular complexity index is 748. The van der Waals surface area contributed by atoms with E-state index in [0.29, 0.717) is 21.5 Å². The molecule has 6 heteroatoms. The molecule has 5 nitrogen and oxygen atoms in total. The van der Waals surface area contributed by atoms with Gasteiger partial charge >= 0.3 is 5.63 Å². The molecule has 17 heavy (non-hydrogen) atoms. The summed E-state index contributed by atoms with van der Waals surface area (Å²) in [5, 5.41) is 4.35. The topological polar surface area (TPSA) is 68.9 Å². The predicted molar refractivity (Wildman–Crippen MR) is 63.9 cm³/mol. The number of aromatic nitrogens is 3. The smallest absolute Gasteiger partial charge is 0.347 e. The summed E-state index contributed by atoms with van der Waals surface area (Å²) in [6.07, 6.45) is 0. The molecule has 0 amide bonds. The van der Waals surface area contributed by atoms with Crippen LogP contribution in [0.1, 0.15) is 5.69 Å². The molecule has 1 aromatic carbocycles. The van der Waals surface area contributed by atoms with E-state index in [2.05, 4.69) is 14.6 Å². The molecule has 0 aliphatic rings. The Morgan fingerprint density at radius 1 is 1.29 bits per heavy atom. The minimum atomic E-state index is -0.390. The number of rotatable bonds is 1. The van der Waals surface area contributed by atoms with Gasteiger partial charge in [-0.3, -0.25) is 0 Å². The Hall–Kier alpha value is -2.08. The normalized spacial score (nSPS) is 10.9. The van der Waals surface area contributed by atoms with Crippen LogP contribution in [0.5, 0.6) is 0 Å². The maximum absolute atomic E-state index is 11.8. The van der Waals surface area contributed by atoms with Crippen molar-refractivity contribution in [2.45, 2.75) is 6.92 Å². The minimum absolute atomic E-state index is 0.279. The second kappa shape index (κ2) is 3.74. The van der Waals surface area contributed by atoms with Gasteiger partial charge in [-0.25, -0.2) is 9.78 Å². The van der Waals surface area contributed by atoms with Gasteiger partial charge in [0.05, 0.1) is 16.6 Å². The first kappa shape index (κ1) is 10.1. The number of hydrogen-bond donors (Lipinski definition) is 0. The first-order valence-corrected chi connectivity index (χ1v) is 5.72. The van der Waals surface area contributed by atoms with Gasteiger partial charge < -0.3 is 4.42 Å². The average Bonchev–Trinajstić information content (AvgIpc) is 2.75. The molecule has 0 saturated carbocycles. The zero-order valence-electron chi connectivity index (χ0n) is 8.88. The Morgan fingerprint density at radius 3 is 2.88 bits per heavy atom. The van der Waals surface area contributed by atoms with Crippen LogP contribution >= 0.6 is 11.5 Å². The van der Waals surface area contributed by atoms with Crippen LogP contribution in [0.25, 0.3) is 21.7 Å². The Balaban J connectivity index is 2.33. The maximum Gasteiger partial charge on any atom is 0.347 e. The third-order valence-corrected chi connectivity index (χ3v) is 3.20. The van der Waals surface area contributed by atoms with E-state index < -0.39 is 5.63 Å². The largest absolute Gasteiger partial charge is 0.402 e. The fraction of sp³-hybridized carbons (Fsp3) is 0.0909. The highest BCUT2D eigenvalue weighted by atomic mass is 32.1. The number of nitrogens with zero attached hydrogens (tertiary/aromatic N) is 3. The molecule has 3 aromatic rings. The lowest BCUT2D eigenvalue weighted by Gasteiger charge is -1.98. The van der Waals surface area contributed by atoms with Gasteiger partial charge in [-0.05, 0) is 30.6 Å². The summed E-state index contributed by atoms with van der Waals surface area (Å²) in [4.78, 5) is 16.8.